The molecule has 5 heteroatoms. The zero-order chi connectivity index (χ0) is 10.9. The van der Waals surface area contributed by atoms with Gasteiger partial charge >= 0.3 is 0 Å². The summed E-state index contributed by atoms with van der Waals surface area (Å²) in [5, 5.41) is 15.3. The molecule has 3 N–H and O–H groups in total. The molecule has 2 unspecified atom stereocenters. The number of carbonyl (C=O) groups is 1. The van der Waals surface area contributed by atoms with Crippen molar-refractivity contribution in [2.45, 2.75) is 36.2 Å². The molecule has 0 aromatic rings. The average molecular weight is 230 g/mol. The Morgan fingerprint density at radius 1 is 1.67 bits per heavy atom. The summed E-state index contributed by atoms with van der Waals surface area (Å²) in [6, 6.07) is -0.197. The highest BCUT2D eigenvalue weighted by Crippen LogP contribution is 2.46. The maximum absolute atomic E-state index is 11.7. The Morgan fingerprint density at radius 2 is 2.40 bits per heavy atom. The van der Waals surface area contributed by atoms with Gasteiger partial charge in [-0.1, -0.05) is 0 Å². The van der Waals surface area contributed by atoms with Gasteiger partial charge in [0.15, 0.2) is 0 Å². The average Bonchev–Trinajstić information content (AvgIpc) is 2.90. The standard InChI is InChI=1S/C10H18N2O2S/c1-15-10(2-3-10)6-12-9(14)8-4-7(13)5-11-8/h7-8,11,13H,2-6H2,1H3,(H,12,14). The highest BCUT2D eigenvalue weighted by Gasteiger charge is 2.42. The predicted octanol–water partition coefficient (Wildman–Crippen LogP) is -0.279. The number of rotatable bonds is 4. The van der Waals surface area contributed by atoms with Crippen molar-refractivity contribution in [1.29, 1.82) is 0 Å². The van der Waals surface area contributed by atoms with Gasteiger partial charge in [0.25, 0.3) is 0 Å². The van der Waals surface area contributed by atoms with Crippen LogP contribution in [-0.2, 0) is 4.79 Å². The molecule has 4 nitrogen and oxygen atoms in total. The molecule has 86 valence electrons. The molecule has 1 saturated heterocycles. The summed E-state index contributed by atoms with van der Waals surface area (Å²) >= 11 is 1.84. The topological polar surface area (TPSA) is 61.4 Å². The Kier molecular flexibility index (Phi) is 3.23. The minimum absolute atomic E-state index is 0.0341. The van der Waals surface area contributed by atoms with Crippen molar-refractivity contribution in [3.05, 3.63) is 0 Å². The second kappa shape index (κ2) is 4.31. The maximum Gasteiger partial charge on any atom is 0.237 e. The Labute approximate surface area is 94.2 Å². The zero-order valence-electron chi connectivity index (χ0n) is 8.95. The van der Waals surface area contributed by atoms with Gasteiger partial charge in [-0.15, -0.1) is 0 Å². The van der Waals surface area contributed by atoms with Crippen molar-refractivity contribution in [2.75, 3.05) is 19.3 Å². The Bertz CT molecular complexity index is 256. The minimum atomic E-state index is -0.365. The molecule has 0 aromatic heterocycles. The largest absolute Gasteiger partial charge is 0.392 e. The summed E-state index contributed by atoms with van der Waals surface area (Å²) < 4.78 is 0.312. The highest BCUT2D eigenvalue weighted by molar-refractivity contribution is 8.00. The lowest BCUT2D eigenvalue weighted by Crippen LogP contribution is -2.43. The van der Waals surface area contributed by atoms with E-state index in [4.69, 9.17) is 0 Å². The van der Waals surface area contributed by atoms with Gasteiger partial charge in [0.1, 0.15) is 0 Å². The van der Waals surface area contributed by atoms with E-state index < -0.39 is 0 Å². The fourth-order valence-electron chi connectivity index (χ4n) is 1.88. The number of aliphatic hydroxyl groups excluding tert-OH is 1. The number of thioether (sulfide) groups is 1. The van der Waals surface area contributed by atoms with E-state index in [9.17, 15) is 9.90 Å². The molecule has 2 aliphatic rings. The molecule has 1 saturated carbocycles. The van der Waals surface area contributed by atoms with E-state index in [0.717, 1.165) is 6.54 Å². The van der Waals surface area contributed by atoms with Crippen LogP contribution < -0.4 is 10.6 Å². The Balaban J connectivity index is 1.73. The number of nitrogens with one attached hydrogen (secondary N) is 2. The van der Waals surface area contributed by atoms with Gasteiger partial charge in [-0.05, 0) is 25.5 Å². The lowest BCUT2D eigenvalue weighted by molar-refractivity contribution is -0.122. The van der Waals surface area contributed by atoms with E-state index in [-0.39, 0.29) is 18.1 Å². The lowest BCUT2D eigenvalue weighted by atomic mass is 10.2. The van der Waals surface area contributed by atoms with Crippen LogP contribution in [0.2, 0.25) is 0 Å². The van der Waals surface area contributed by atoms with Crippen molar-refractivity contribution in [1.82, 2.24) is 10.6 Å². The smallest absolute Gasteiger partial charge is 0.237 e. The fourth-order valence-corrected chi connectivity index (χ4v) is 2.61. The van der Waals surface area contributed by atoms with Crippen molar-refractivity contribution in [3.63, 3.8) is 0 Å². The van der Waals surface area contributed by atoms with E-state index in [1.165, 1.54) is 12.8 Å². The SMILES string of the molecule is CSC1(CNC(=O)C2CC(O)CN2)CC1. The molecule has 2 fully saturated rings. The first kappa shape index (κ1) is 11.2. The summed E-state index contributed by atoms with van der Waals surface area (Å²) in [7, 11) is 0. The Hall–Kier alpha value is -0.260. The van der Waals surface area contributed by atoms with Gasteiger partial charge in [-0.3, -0.25) is 4.79 Å². The van der Waals surface area contributed by atoms with Crippen LogP contribution in [0.3, 0.4) is 0 Å². The molecule has 1 aliphatic heterocycles. The monoisotopic (exact) mass is 230 g/mol. The third-order valence-corrected chi connectivity index (χ3v) is 4.67. The molecular weight excluding hydrogens is 212 g/mol. The maximum atomic E-state index is 11.7. The van der Waals surface area contributed by atoms with Gasteiger partial charge in [-0.25, -0.2) is 0 Å². The lowest BCUT2D eigenvalue weighted by Gasteiger charge is -2.15. The third-order valence-electron chi connectivity index (χ3n) is 3.25. The predicted molar refractivity (Wildman–Crippen MR) is 60.9 cm³/mol. The van der Waals surface area contributed by atoms with Crippen molar-refractivity contribution < 1.29 is 9.90 Å². The second-order valence-electron chi connectivity index (χ2n) is 4.46. The van der Waals surface area contributed by atoms with E-state index in [2.05, 4.69) is 16.9 Å². The van der Waals surface area contributed by atoms with Crippen LogP contribution in [0.15, 0.2) is 0 Å². The number of aliphatic hydroxyl groups is 1. The number of hydrogen-bond acceptors (Lipinski definition) is 4. The van der Waals surface area contributed by atoms with E-state index in [1.807, 2.05) is 11.8 Å². The molecule has 0 radical (unpaired) electrons. The number of hydrogen-bond donors (Lipinski definition) is 3. The Morgan fingerprint density at radius 3 is 2.87 bits per heavy atom. The molecule has 0 spiro atoms. The van der Waals surface area contributed by atoms with Gasteiger partial charge in [0, 0.05) is 17.8 Å². The van der Waals surface area contributed by atoms with Crippen LogP contribution in [-0.4, -0.2) is 47.3 Å². The van der Waals surface area contributed by atoms with Gasteiger partial charge in [-0.2, -0.15) is 11.8 Å². The first-order valence-electron chi connectivity index (χ1n) is 5.39. The molecule has 0 aromatic carbocycles. The molecule has 1 aliphatic carbocycles. The van der Waals surface area contributed by atoms with Crippen molar-refractivity contribution in [3.8, 4) is 0 Å². The normalized spacial score (nSPS) is 32.7. The summed E-state index contributed by atoms with van der Waals surface area (Å²) in [6.45, 7) is 1.30. The van der Waals surface area contributed by atoms with Crippen LogP contribution in [0.4, 0.5) is 0 Å². The van der Waals surface area contributed by atoms with Crippen molar-refractivity contribution in [2.24, 2.45) is 0 Å². The van der Waals surface area contributed by atoms with E-state index >= 15 is 0 Å². The molecule has 1 amide bonds. The number of amides is 1. The summed E-state index contributed by atoms with van der Waals surface area (Å²) in [4.78, 5) is 11.7. The van der Waals surface area contributed by atoms with Crippen LogP contribution in [0.5, 0.6) is 0 Å². The first-order valence-corrected chi connectivity index (χ1v) is 6.62. The van der Waals surface area contributed by atoms with Gasteiger partial charge in [0.2, 0.25) is 5.91 Å². The molecule has 1 heterocycles. The van der Waals surface area contributed by atoms with Crippen LogP contribution in [0.25, 0.3) is 0 Å². The number of carbonyl (C=O) groups excluding carboxylic acids is 1. The van der Waals surface area contributed by atoms with Gasteiger partial charge < -0.3 is 15.7 Å². The van der Waals surface area contributed by atoms with Crippen LogP contribution in [0, 0.1) is 0 Å². The minimum Gasteiger partial charge on any atom is -0.392 e. The molecular formula is C10H18N2O2S. The quantitative estimate of drug-likeness (QED) is 0.622. The van der Waals surface area contributed by atoms with Gasteiger partial charge in [0.05, 0.1) is 12.1 Å². The molecule has 2 atom stereocenters. The molecule has 15 heavy (non-hydrogen) atoms. The van der Waals surface area contributed by atoms with E-state index in [1.54, 1.807) is 0 Å². The fraction of sp³-hybridized carbons (Fsp3) is 0.900. The molecule has 0 bridgehead atoms. The molecule has 2 rings (SSSR count). The summed E-state index contributed by atoms with van der Waals surface area (Å²) in [5.74, 6) is 0.0341. The second-order valence-corrected chi connectivity index (χ2v) is 5.73. The van der Waals surface area contributed by atoms with Crippen molar-refractivity contribution >= 4 is 17.7 Å². The number of β-amino-alcohol motifs (C(OH)–C–C–N with tert-alkyl or cyclic N) is 1. The highest BCUT2D eigenvalue weighted by atomic mass is 32.2. The summed E-state index contributed by atoms with van der Waals surface area (Å²) in [6.07, 6.45) is 4.68. The van der Waals surface area contributed by atoms with E-state index in [0.29, 0.717) is 17.7 Å². The zero-order valence-corrected chi connectivity index (χ0v) is 9.77. The van der Waals surface area contributed by atoms with Crippen LogP contribution >= 0.6 is 11.8 Å². The third kappa shape index (κ3) is 2.65. The first-order chi connectivity index (χ1) is 7.15. The summed E-state index contributed by atoms with van der Waals surface area (Å²) in [5.41, 5.74) is 0. The van der Waals surface area contributed by atoms with Crippen LogP contribution in [0.1, 0.15) is 19.3 Å².